The number of alkyl halides is 1. The van der Waals surface area contributed by atoms with E-state index in [-0.39, 0.29) is 4.83 Å². The van der Waals surface area contributed by atoms with Gasteiger partial charge in [0.1, 0.15) is 5.75 Å². The fourth-order valence-corrected chi connectivity index (χ4v) is 3.28. The van der Waals surface area contributed by atoms with E-state index < -0.39 is 0 Å². The minimum atomic E-state index is 0.0732. The van der Waals surface area contributed by atoms with Gasteiger partial charge in [0.05, 0.1) is 11.9 Å². The van der Waals surface area contributed by atoms with Crippen LogP contribution in [0.15, 0.2) is 46.9 Å². The van der Waals surface area contributed by atoms with Crippen molar-refractivity contribution < 1.29 is 4.74 Å². The minimum absolute atomic E-state index is 0.0732. The van der Waals surface area contributed by atoms with E-state index in [0.29, 0.717) is 0 Å². The minimum Gasteiger partial charge on any atom is -0.497 e. The summed E-state index contributed by atoms with van der Waals surface area (Å²) in [6.45, 7) is 0. The van der Waals surface area contributed by atoms with Crippen molar-refractivity contribution in [1.82, 2.24) is 0 Å². The zero-order valence-electron chi connectivity index (χ0n) is 9.66. The first-order valence-electron chi connectivity index (χ1n) is 5.35. The summed E-state index contributed by atoms with van der Waals surface area (Å²) < 4.78 is 6.12. The van der Waals surface area contributed by atoms with Gasteiger partial charge in [0, 0.05) is 9.50 Å². The van der Waals surface area contributed by atoms with Crippen molar-refractivity contribution in [2.45, 2.75) is 4.83 Å². The molecule has 4 heteroatoms. The second-order valence-corrected chi connectivity index (χ2v) is 6.04. The Kier molecular flexibility index (Phi) is 4.71. The number of ether oxygens (including phenoxy) is 1. The van der Waals surface area contributed by atoms with Crippen molar-refractivity contribution in [3.8, 4) is 5.75 Å². The number of rotatable bonds is 3. The molecule has 1 unspecified atom stereocenters. The molecule has 0 saturated carbocycles. The van der Waals surface area contributed by atoms with E-state index in [4.69, 9.17) is 16.3 Å². The highest BCUT2D eigenvalue weighted by Crippen LogP contribution is 2.36. The van der Waals surface area contributed by atoms with E-state index in [0.717, 1.165) is 26.4 Å². The average Bonchev–Trinajstić information content (AvgIpc) is 2.38. The van der Waals surface area contributed by atoms with Crippen LogP contribution in [0, 0.1) is 0 Å². The normalized spacial score (nSPS) is 12.2. The SMILES string of the molecule is COc1ccc(C(Br)c2ccc(Br)cc2Cl)cc1. The van der Waals surface area contributed by atoms with E-state index in [9.17, 15) is 0 Å². The molecule has 0 aliphatic carbocycles. The third kappa shape index (κ3) is 3.08. The molecule has 0 fully saturated rings. The van der Waals surface area contributed by atoms with Gasteiger partial charge in [-0.25, -0.2) is 0 Å². The summed E-state index contributed by atoms with van der Waals surface area (Å²) >= 11 is 13.3. The maximum atomic E-state index is 6.25. The van der Waals surface area contributed by atoms with Crippen LogP contribution in [0.3, 0.4) is 0 Å². The molecule has 94 valence electrons. The molecule has 2 aromatic rings. The van der Waals surface area contributed by atoms with Crippen molar-refractivity contribution in [3.63, 3.8) is 0 Å². The van der Waals surface area contributed by atoms with Crippen molar-refractivity contribution in [3.05, 3.63) is 63.1 Å². The Morgan fingerprint density at radius 2 is 1.78 bits per heavy atom. The Balaban J connectivity index is 2.31. The number of halogens is 3. The van der Waals surface area contributed by atoms with Gasteiger partial charge in [-0.15, -0.1) is 0 Å². The molecule has 0 bridgehead atoms. The largest absolute Gasteiger partial charge is 0.497 e. The predicted molar refractivity (Wildman–Crippen MR) is 82.9 cm³/mol. The molecule has 0 aliphatic heterocycles. The van der Waals surface area contributed by atoms with Crippen LogP contribution in [0.1, 0.15) is 16.0 Å². The van der Waals surface area contributed by atoms with Gasteiger partial charge in [-0.1, -0.05) is 61.7 Å². The number of hydrogen-bond acceptors (Lipinski definition) is 1. The highest BCUT2D eigenvalue weighted by atomic mass is 79.9. The lowest BCUT2D eigenvalue weighted by Gasteiger charge is -2.13. The van der Waals surface area contributed by atoms with E-state index in [1.54, 1.807) is 7.11 Å². The summed E-state index contributed by atoms with van der Waals surface area (Å²) in [7, 11) is 1.66. The molecule has 0 N–H and O–H groups in total. The lowest BCUT2D eigenvalue weighted by Crippen LogP contribution is -1.94. The van der Waals surface area contributed by atoms with Crippen LogP contribution in [0.2, 0.25) is 5.02 Å². The van der Waals surface area contributed by atoms with E-state index in [2.05, 4.69) is 31.9 Å². The summed E-state index contributed by atoms with van der Waals surface area (Å²) in [4.78, 5) is 0.0732. The van der Waals surface area contributed by atoms with Crippen LogP contribution in [0.25, 0.3) is 0 Å². The van der Waals surface area contributed by atoms with Crippen LogP contribution in [0.5, 0.6) is 5.75 Å². The van der Waals surface area contributed by atoms with Crippen LogP contribution in [0.4, 0.5) is 0 Å². The smallest absolute Gasteiger partial charge is 0.118 e. The Morgan fingerprint density at radius 3 is 2.33 bits per heavy atom. The van der Waals surface area contributed by atoms with Crippen molar-refractivity contribution >= 4 is 43.5 Å². The second kappa shape index (κ2) is 6.09. The molecule has 0 radical (unpaired) electrons. The average molecular weight is 391 g/mol. The standard InChI is InChI=1S/C14H11Br2ClO/c1-18-11-5-2-9(3-6-11)14(16)12-7-4-10(15)8-13(12)17/h2-8,14H,1H3. The molecule has 0 amide bonds. The first kappa shape index (κ1) is 13.9. The topological polar surface area (TPSA) is 9.23 Å². The monoisotopic (exact) mass is 388 g/mol. The lowest BCUT2D eigenvalue weighted by molar-refractivity contribution is 0.414. The zero-order chi connectivity index (χ0) is 13.1. The van der Waals surface area contributed by atoms with E-state index in [1.807, 2.05) is 42.5 Å². The fourth-order valence-electron chi connectivity index (χ4n) is 1.66. The maximum Gasteiger partial charge on any atom is 0.118 e. The van der Waals surface area contributed by atoms with Gasteiger partial charge in [0.25, 0.3) is 0 Å². The summed E-state index contributed by atoms with van der Waals surface area (Å²) in [5, 5.41) is 0.738. The molecule has 0 spiro atoms. The molecular weight excluding hydrogens is 379 g/mol. The fraction of sp³-hybridized carbons (Fsp3) is 0.143. The van der Waals surface area contributed by atoms with Gasteiger partial charge >= 0.3 is 0 Å². The quantitative estimate of drug-likeness (QED) is 0.620. The number of benzene rings is 2. The van der Waals surface area contributed by atoms with Crippen LogP contribution in [-0.2, 0) is 0 Å². The zero-order valence-corrected chi connectivity index (χ0v) is 13.6. The molecule has 0 aromatic heterocycles. The molecule has 0 heterocycles. The molecule has 1 atom stereocenters. The Morgan fingerprint density at radius 1 is 1.11 bits per heavy atom. The van der Waals surface area contributed by atoms with E-state index >= 15 is 0 Å². The van der Waals surface area contributed by atoms with E-state index in [1.165, 1.54) is 0 Å². The number of methoxy groups -OCH3 is 1. The lowest BCUT2D eigenvalue weighted by atomic mass is 10.0. The first-order chi connectivity index (χ1) is 8.61. The first-order valence-corrected chi connectivity index (χ1v) is 7.43. The second-order valence-electron chi connectivity index (χ2n) is 3.80. The van der Waals surface area contributed by atoms with Gasteiger partial charge in [0.15, 0.2) is 0 Å². The highest BCUT2D eigenvalue weighted by molar-refractivity contribution is 9.10. The van der Waals surface area contributed by atoms with Gasteiger partial charge in [-0.05, 0) is 35.4 Å². The molecule has 2 rings (SSSR count). The summed E-state index contributed by atoms with van der Waals surface area (Å²) in [5.74, 6) is 0.848. The summed E-state index contributed by atoms with van der Waals surface area (Å²) in [6, 6.07) is 13.8. The Labute approximate surface area is 128 Å². The predicted octanol–water partition coefficient (Wildman–Crippen LogP) is 5.60. The summed E-state index contributed by atoms with van der Waals surface area (Å²) in [6.07, 6.45) is 0. The summed E-state index contributed by atoms with van der Waals surface area (Å²) in [5.41, 5.74) is 2.19. The van der Waals surface area contributed by atoms with Gasteiger partial charge in [0.2, 0.25) is 0 Å². The van der Waals surface area contributed by atoms with Gasteiger partial charge in [-0.2, -0.15) is 0 Å². The Hall–Kier alpha value is -0.510. The van der Waals surface area contributed by atoms with Gasteiger partial charge in [-0.3, -0.25) is 0 Å². The van der Waals surface area contributed by atoms with Crippen LogP contribution in [-0.4, -0.2) is 7.11 Å². The third-order valence-electron chi connectivity index (χ3n) is 2.64. The molecule has 1 nitrogen and oxygen atoms in total. The molecule has 2 aromatic carbocycles. The molecule has 0 aliphatic rings. The molecule has 18 heavy (non-hydrogen) atoms. The highest BCUT2D eigenvalue weighted by Gasteiger charge is 2.13. The van der Waals surface area contributed by atoms with Crippen LogP contribution >= 0.6 is 43.5 Å². The molecule has 0 saturated heterocycles. The third-order valence-corrected chi connectivity index (χ3v) is 4.49. The van der Waals surface area contributed by atoms with Crippen molar-refractivity contribution in [2.75, 3.05) is 7.11 Å². The maximum absolute atomic E-state index is 6.25. The van der Waals surface area contributed by atoms with Gasteiger partial charge < -0.3 is 4.74 Å². The van der Waals surface area contributed by atoms with Crippen molar-refractivity contribution in [2.24, 2.45) is 0 Å². The molecular formula is C14H11Br2ClO. The number of hydrogen-bond donors (Lipinski definition) is 0. The Bertz CT molecular complexity index is 540. The van der Waals surface area contributed by atoms with Crippen LogP contribution < -0.4 is 4.74 Å². The van der Waals surface area contributed by atoms with Crippen molar-refractivity contribution in [1.29, 1.82) is 0 Å².